The molecule has 0 unspecified atom stereocenters. The zero-order valence-electron chi connectivity index (χ0n) is 13.0. The van der Waals surface area contributed by atoms with Gasteiger partial charge in [-0.1, -0.05) is 12.8 Å². The molecule has 2 fully saturated rings. The lowest BCUT2D eigenvalue weighted by molar-refractivity contribution is -0.149. The molecule has 0 aromatic heterocycles. The van der Waals surface area contributed by atoms with E-state index in [-0.39, 0.29) is 43.2 Å². The highest BCUT2D eigenvalue weighted by atomic mass is 16.5. The average Bonchev–Trinajstić information content (AvgIpc) is 3.01. The third-order valence-corrected chi connectivity index (χ3v) is 4.42. The number of carbonyl (C=O) groups excluding carboxylic acids is 2. The summed E-state index contributed by atoms with van der Waals surface area (Å²) in [4.78, 5) is 23.3. The Kier molecular flexibility index (Phi) is 6.45. The van der Waals surface area contributed by atoms with Gasteiger partial charge in [-0.05, 0) is 25.7 Å². The van der Waals surface area contributed by atoms with Crippen molar-refractivity contribution in [3.8, 4) is 0 Å². The van der Waals surface area contributed by atoms with Crippen LogP contribution >= 0.6 is 0 Å². The summed E-state index contributed by atoms with van der Waals surface area (Å²) in [6, 6.07) is -0.185. The minimum atomic E-state index is -0.488. The molecule has 0 aromatic carbocycles. The summed E-state index contributed by atoms with van der Waals surface area (Å²) in [5.41, 5.74) is 0. The van der Waals surface area contributed by atoms with E-state index in [9.17, 15) is 14.7 Å². The van der Waals surface area contributed by atoms with E-state index < -0.39 is 6.10 Å². The molecule has 0 bridgehead atoms. The molecule has 7 nitrogen and oxygen atoms in total. The molecule has 1 heterocycles. The molecule has 0 radical (unpaired) electrons. The Balaban J connectivity index is 1.78. The second-order valence-corrected chi connectivity index (χ2v) is 6.04. The van der Waals surface area contributed by atoms with Crippen LogP contribution in [0.2, 0.25) is 0 Å². The molecular weight excluding hydrogens is 288 g/mol. The fourth-order valence-corrected chi connectivity index (χ4v) is 3.18. The predicted molar refractivity (Wildman–Crippen MR) is 79.3 cm³/mol. The molecule has 2 amide bonds. The summed E-state index contributed by atoms with van der Waals surface area (Å²) in [7, 11) is 1.34. The molecule has 3 N–H and O–H groups in total. The van der Waals surface area contributed by atoms with E-state index in [1.165, 1.54) is 7.11 Å². The van der Waals surface area contributed by atoms with Gasteiger partial charge >= 0.3 is 12.0 Å². The van der Waals surface area contributed by atoms with Gasteiger partial charge in [-0.3, -0.25) is 4.79 Å². The molecule has 126 valence electrons. The van der Waals surface area contributed by atoms with Gasteiger partial charge in [0, 0.05) is 6.04 Å². The quantitative estimate of drug-likeness (QED) is 0.649. The number of hydrogen-bond donors (Lipinski definition) is 3. The number of amides is 2. The zero-order valence-corrected chi connectivity index (χ0v) is 13.0. The van der Waals surface area contributed by atoms with Crippen LogP contribution in [0.5, 0.6) is 0 Å². The summed E-state index contributed by atoms with van der Waals surface area (Å²) in [6.07, 6.45) is 5.12. The minimum absolute atomic E-state index is 0.175. The molecule has 1 aliphatic heterocycles. The Hall–Kier alpha value is -1.34. The lowest BCUT2D eigenvalue weighted by Crippen LogP contribution is -2.54. The van der Waals surface area contributed by atoms with Crippen molar-refractivity contribution in [3.05, 3.63) is 0 Å². The highest BCUT2D eigenvalue weighted by Crippen LogP contribution is 2.22. The monoisotopic (exact) mass is 314 g/mol. The third kappa shape index (κ3) is 4.84. The number of urea groups is 1. The van der Waals surface area contributed by atoms with Crippen molar-refractivity contribution in [2.24, 2.45) is 0 Å². The second-order valence-electron chi connectivity index (χ2n) is 6.04. The summed E-state index contributed by atoms with van der Waals surface area (Å²) in [5, 5.41) is 15.3. The van der Waals surface area contributed by atoms with E-state index in [0.717, 1.165) is 25.7 Å². The summed E-state index contributed by atoms with van der Waals surface area (Å²) < 4.78 is 10.3. The SMILES string of the molecule is COC(=O)C[C@@H]1CC[C@@H](NC(=O)NC2CCCC2)[C@@H](CO)O1. The maximum absolute atomic E-state index is 12.0. The number of aliphatic hydroxyl groups is 1. The fourth-order valence-electron chi connectivity index (χ4n) is 3.18. The van der Waals surface area contributed by atoms with Crippen molar-refractivity contribution in [2.45, 2.75) is 69.2 Å². The van der Waals surface area contributed by atoms with E-state index in [1.54, 1.807) is 0 Å². The van der Waals surface area contributed by atoms with Crippen LogP contribution in [0.15, 0.2) is 0 Å². The van der Waals surface area contributed by atoms with E-state index >= 15 is 0 Å². The number of carbonyl (C=O) groups is 2. The molecule has 1 saturated carbocycles. The number of rotatable bonds is 5. The lowest BCUT2D eigenvalue weighted by Gasteiger charge is -2.36. The Morgan fingerprint density at radius 3 is 2.55 bits per heavy atom. The zero-order chi connectivity index (χ0) is 15.9. The van der Waals surface area contributed by atoms with Crippen molar-refractivity contribution in [2.75, 3.05) is 13.7 Å². The predicted octanol–water partition coefficient (Wildman–Crippen LogP) is 0.700. The Labute approximate surface area is 130 Å². The average molecular weight is 314 g/mol. The van der Waals surface area contributed by atoms with Crippen LogP contribution < -0.4 is 10.6 Å². The first-order valence-corrected chi connectivity index (χ1v) is 8.02. The van der Waals surface area contributed by atoms with Gasteiger partial charge in [0.15, 0.2) is 0 Å². The largest absolute Gasteiger partial charge is 0.469 e. The van der Waals surface area contributed by atoms with Crippen LogP contribution in [0.3, 0.4) is 0 Å². The van der Waals surface area contributed by atoms with Crippen molar-refractivity contribution in [3.63, 3.8) is 0 Å². The number of esters is 1. The van der Waals surface area contributed by atoms with Crippen molar-refractivity contribution >= 4 is 12.0 Å². The Morgan fingerprint density at radius 1 is 1.18 bits per heavy atom. The molecular formula is C15H26N2O5. The van der Waals surface area contributed by atoms with E-state index in [0.29, 0.717) is 12.8 Å². The summed E-state index contributed by atoms with van der Waals surface area (Å²) >= 11 is 0. The maximum Gasteiger partial charge on any atom is 0.315 e. The van der Waals surface area contributed by atoms with Crippen molar-refractivity contribution < 1.29 is 24.2 Å². The number of hydrogen-bond acceptors (Lipinski definition) is 5. The number of nitrogens with one attached hydrogen (secondary N) is 2. The summed E-state index contributed by atoms with van der Waals surface area (Å²) in [5.74, 6) is -0.327. The third-order valence-electron chi connectivity index (χ3n) is 4.42. The first-order chi connectivity index (χ1) is 10.6. The highest BCUT2D eigenvalue weighted by Gasteiger charge is 2.33. The molecule has 0 aromatic rings. The molecule has 7 heteroatoms. The van der Waals surface area contributed by atoms with Crippen molar-refractivity contribution in [1.82, 2.24) is 10.6 Å². The second kappa shape index (κ2) is 8.33. The van der Waals surface area contributed by atoms with Crippen LogP contribution in [0.1, 0.15) is 44.9 Å². The van der Waals surface area contributed by atoms with E-state index in [4.69, 9.17) is 4.74 Å². The van der Waals surface area contributed by atoms with Crippen LogP contribution in [-0.4, -0.2) is 55.1 Å². The topological polar surface area (TPSA) is 96.9 Å². The van der Waals surface area contributed by atoms with E-state index in [2.05, 4.69) is 15.4 Å². The lowest BCUT2D eigenvalue weighted by atomic mass is 9.97. The fraction of sp³-hybridized carbons (Fsp3) is 0.867. The van der Waals surface area contributed by atoms with Gasteiger partial charge in [0.05, 0.1) is 32.3 Å². The van der Waals surface area contributed by atoms with Crippen LogP contribution in [0.25, 0.3) is 0 Å². The van der Waals surface area contributed by atoms with Gasteiger partial charge in [-0.2, -0.15) is 0 Å². The van der Waals surface area contributed by atoms with Gasteiger partial charge < -0.3 is 25.2 Å². The highest BCUT2D eigenvalue weighted by molar-refractivity contribution is 5.74. The molecule has 2 rings (SSSR count). The molecule has 0 spiro atoms. The van der Waals surface area contributed by atoms with Gasteiger partial charge in [0.2, 0.25) is 0 Å². The molecule has 3 atom stereocenters. The van der Waals surface area contributed by atoms with Crippen LogP contribution in [0, 0.1) is 0 Å². The molecule has 22 heavy (non-hydrogen) atoms. The first kappa shape index (κ1) is 17.0. The normalized spacial score (nSPS) is 29.1. The van der Waals surface area contributed by atoms with Crippen LogP contribution in [-0.2, 0) is 14.3 Å². The Morgan fingerprint density at radius 2 is 1.91 bits per heavy atom. The van der Waals surface area contributed by atoms with Gasteiger partial charge in [-0.15, -0.1) is 0 Å². The van der Waals surface area contributed by atoms with Gasteiger partial charge in [0.1, 0.15) is 6.10 Å². The van der Waals surface area contributed by atoms with E-state index in [1.807, 2.05) is 0 Å². The smallest absolute Gasteiger partial charge is 0.315 e. The maximum atomic E-state index is 12.0. The van der Waals surface area contributed by atoms with Crippen LogP contribution in [0.4, 0.5) is 4.79 Å². The number of ether oxygens (including phenoxy) is 2. The number of aliphatic hydroxyl groups excluding tert-OH is 1. The standard InChI is InChI=1S/C15H26N2O5/c1-21-14(19)8-11-6-7-12(13(9-18)22-11)17-15(20)16-10-4-2-3-5-10/h10-13,18H,2-9H2,1H3,(H2,16,17,20)/t11-,12+,13+/m0/s1. The van der Waals surface area contributed by atoms with Gasteiger partial charge in [-0.25, -0.2) is 4.79 Å². The number of methoxy groups -OCH3 is 1. The van der Waals surface area contributed by atoms with Gasteiger partial charge in [0.25, 0.3) is 0 Å². The first-order valence-electron chi connectivity index (χ1n) is 8.02. The molecule has 2 aliphatic rings. The Bertz CT molecular complexity index is 384. The summed E-state index contributed by atoms with van der Waals surface area (Å²) in [6.45, 7) is -0.188. The minimum Gasteiger partial charge on any atom is -0.469 e. The molecule has 1 aliphatic carbocycles. The molecule has 1 saturated heterocycles. The van der Waals surface area contributed by atoms with Crippen molar-refractivity contribution in [1.29, 1.82) is 0 Å².